The fourth-order valence-corrected chi connectivity index (χ4v) is 3.88. The van der Waals surface area contributed by atoms with Gasteiger partial charge in [0.05, 0.1) is 40.9 Å². The monoisotopic (exact) mass is 413 g/mol. The molecule has 0 bridgehead atoms. The first-order valence-electron chi connectivity index (χ1n) is 10.5. The fourth-order valence-electron chi connectivity index (χ4n) is 3.88. The van der Waals surface area contributed by atoms with Crippen molar-refractivity contribution >= 4 is 16.7 Å². The molecule has 4 aromatic rings. The minimum absolute atomic E-state index is 0.576. The highest BCUT2D eigenvalue weighted by molar-refractivity contribution is 5.94. The zero-order valence-corrected chi connectivity index (χ0v) is 17.3. The number of H-pyrrole nitrogens is 1. The predicted molar refractivity (Wildman–Crippen MR) is 118 cm³/mol. The maximum atomic E-state index is 9.61. The summed E-state index contributed by atoms with van der Waals surface area (Å²) in [6.07, 6.45) is 6.62. The van der Waals surface area contributed by atoms with E-state index in [2.05, 4.69) is 36.6 Å². The van der Waals surface area contributed by atoms with Crippen LogP contribution in [0.15, 0.2) is 36.8 Å². The summed E-state index contributed by atoms with van der Waals surface area (Å²) in [4.78, 5) is 11.7. The predicted octanol–water partition coefficient (Wildman–Crippen LogP) is 2.57. The van der Waals surface area contributed by atoms with Crippen LogP contribution in [0.1, 0.15) is 18.9 Å². The van der Waals surface area contributed by atoms with Gasteiger partial charge >= 0.3 is 0 Å². The summed E-state index contributed by atoms with van der Waals surface area (Å²) in [7, 11) is 0. The summed E-state index contributed by atoms with van der Waals surface area (Å²) in [6.45, 7) is 6.52. The molecule has 1 aliphatic rings. The first-order valence-corrected chi connectivity index (χ1v) is 10.5. The summed E-state index contributed by atoms with van der Waals surface area (Å²) >= 11 is 0. The van der Waals surface area contributed by atoms with Gasteiger partial charge in [0.15, 0.2) is 0 Å². The van der Waals surface area contributed by atoms with Gasteiger partial charge in [-0.05, 0) is 38.1 Å². The quantitative estimate of drug-likeness (QED) is 0.529. The van der Waals surface area contributed by atoms with Crippen LogP contribution in [-0.4, -0.2) is 56.1 Å². The van der Waals surface area contributed by atoms with Gasteiger partial charge in [0.1, 0.15) is 11.5 Å². The van der Waals surface area contributed by atoms with Crippen LogP contribution in [0, 0.1) is 11.3 Å². The lowest BCUT2D eigenvalue weighted by Gasteiger charge is -2.21. The van der Waals surface area contributed by atoms with Gasteiger partial charge in [-0.25, -0.2) is 4.98 Å². The number of nitrogens with one attached hydrogen (secondary N) is 2. The van der Waals surface area contributed by atoms with E-state index in [4.69, 9.17) is 4.98 Å². The molecule has 0 atom stereocenters. The fraction of sp³-hybridized carbons (Fsp3) is 0.318. The number of pyridine rings is 2. The van der Waals surface area contributed by atoms with E-state index in [1.165, 1.54) is 0 Å². The van der Waals surface area contributed by atoms with Crippen LogP contribution in [0.5, 0.6) is 0 Å². The maximum Gasteiger partial charge on any atom is 0.130 e. The molecule has 2 N–H and O–H groups in total. The number of aromatic amines is 1. The summed E-state index contributed by atoms with van der Waals surface area (Å²) < 4.78 is 1.87. The minimum atomic E-state index is 0.576. The lowest BCUT2D eigenvalue weighted by Crippen LogP contribution is -2.28. The molecule has 0 amide bonds. The molecule has 31 heavy (non-hydrogen) atoms. The molecule has 0 saturated carbocycles. The third-order valence-corrected chi connectivity index (χ3v) is 5.55. The molecule has 1 fully saturated rings. The Morgan fingerprint density at radius 3 is 2.90 bits per heavy atom. The Balaban J connectivity index is 1.59. The first-order chi connectivity index (χ1) is 15.2. The molecule has 156 valence electrons. The summed E-state index contributed by atoms with van der Waals surface area (Å²) in [5.74, 6) is 0.812. The van der Waals surface area contributed by atoms with E-state index in [1.807, 2.05) is 36.1 Å². The number of aryl methyl sites for hydroxylation is 1. The average Bonchev–Trinajstić information content (AvgIpc) is 3.37. The van der Waals surface area contributed by atoms with Crippen LogP contribution in [0.25, 0.3) is 33.5 Å². The molecule has 1 aliphatic heterocycles. The van der Waals surface area contributed by atoms with E-state index in [0.717, 1.165) is 67.1 Å². The van der Waals surface area contributed by atoms with Crippen molar-refractivity contribution in [2.75, 3.05) is 31.1 Å². The third-order valence-electron chi connectivity index (χ3n) is 5.55. The largest absolute Gasteiger partial charge is 0.355 e. The molecule has 0 aliphatic carbocycles. The smallest absolute Gasteiger partial charge is 0.130 e. The van der Waals surface area contributed by atoms with Crippen LogP contribution in [-0.2, 0) is 6.54 Å². The molecule has 5 heterocycles. The van der Waals surface area contributed by atoms with Crippen molar-refractivity contribution < 1.29 is 0 Å². The second kappa shape index (κ2) is 8.16. The van der Waals surface area contributed by atoms with Crippen LogP contribution in [0.4, 0.5) is 5.82 Å². The Morgan fingerprint density at radius 1 is 1.13 bits per heavy atom. The Bertz CT molecular complexity index is 1260. The van der Waals surface area contributed by atoms with Crippen molar-refractivity contribution in [1.82, 2.24) is 35.3 Å². The third kappa shape index (κ3) is 3.73. The number of aromatic nitrogens is 6. The molecule has 0 unspecified atom stereocenters. The van der Waals surface area contributed by atoms with Crippen molar-refractivity contribution in [2.24, 2.45) is 0 Å². The zero-order valence-electron chi connectivity index (χ0n) is 17.3. The van der Waals surface area contributed by atoms with E-state index in [-0.39, 0.29) is 0 Å². The van der Waals surface area contributed by atoms with Crippen molar-refractivity contribution in [2.45, 2.75) is 19.9 Å². The highest BCUT2D eigenvalue weighted by Gasteiger charge is 2.17. The van der Waals surface area contributed by atoms with E-state index in [9.17, 15) is 5.26 Å². The summed E-state index contributed by atoms with van der Waals surface area (Å²) in [6, 6.07) is 7.93. The van der Waals surface area contributed by atoms with Crippen LogP contribution in [0.3, 0.4) is 0 Å². The van der Waals surface area contributed by atoms with Crippen molar-refractivity contribution in [3.05, 3.63) is 42.4 Å². The second-order valence-electron chi connectivity index (χ2n) is 7.57. The van der Waals surface area contributed by atoms with Gasteiger partial charge in [-0.15, -0.1) is 0 Å². The molecule has 4 aromatic heterocycles. The van der Waals surface area contributed by atoms with Gasteiger partial charge in [0.2, 0.25) is 0 Å². The lowest BCUT2D eigenvalue weighted by molar-refractivity contribution is 0.660. The maximum absolute atomic E-state index is 9.61. The van der Waals surface area contributed by atoms with E-state index >= 15 is 0 Å². The van der Waals surface area contributed by atoms with Gasteiger partial charge < -0.3 is 10.2 Å². The van der Waals surface area contributed by atoms with Crippen LogP contribution < -0.4 is 10.2 Å². The van der Waals surface area contributed by atoms with E-state index in [0.29, 0.717) is 17.0 Å². The zero-order chi connectivity index (χ0) is 21.2. The normalized spacial score (nSPS) is 14.5. The average molecular weight is 413 g/mol. The Labute approximate surface area is 179 Å². The molecule has 0 aromatic carbocycles. The number of hydrogen-bond acceptors (Lipinski definition) is 7. The second-order valence-corrected chi connectivity index (χ2v) is 7.57. The molecule has 9 nitrogen and oxygen atoms in total. The first kappa shape index (κ1) is 19.2. The number of anilines is 1. The topological polar surface area (TPSA) is 111 Å². The van der Waals surface area contributed by atoms with Gasteiger partial charge in [0, 0.05) is 43.3 Å². The number of fused-ring (bicyclic) bond motifs is 1. The number of nitriles is 1. The summed E-state index contributed by atoms with van der Waals surface area (Å²) in [5, 5.41) is 25.8. The van der Waals surface area contributed by atoms with Crippen molar-refractivity contribution in [1.29, 1.82) is 5.26 Å². The number of rotatable bonds is 4. The minimum Gasteiger partial charge on any atom is -0.355 e. The molecular formula is C22H23N9. The molecular weight excluding hydrogens is 390 g/mol. The molecule has 5 rings (SSSR count). The summed E-state index contributed by atoms with van der Waals surface area (Å²) in [5.41, 5.74) is 4.57. The standard InChI is InChI=1S/C22H23N9/c1-2-31-14-16(12-26-31)18-10-17-20(13-25-18)28-29-22(17)19-8-15(11-23)9-21(27-19)30-6-3-4-24-5-7-30/h8-10,12-14,24H,2-7H2,1H3,(H,28,29). The highest BCUT2D eigenvalue weighted by atomic mass is 15.3. The molecule has 0 spiro atoms. The van der Waals surface area contributed by atoms with Crippen molar-refractivity contribution in [3.8, 4) is 28.7 Å². The van der Waals surface area contributed by atoms with Gasteiger partial charge in [-0.2, -0.15) is 15.5 Å². The van der Waals surface area contributed by atoms with Crippen LogP contribution >= 0.6 is 0 Å². The molecule has 1 saturated heterocycles. The molecule has 9 heteroatoms. The van der Waals surface area contributed by atoms with E-state index in [1.54, 1.807) is 12.3 Å². The number of hydrogen-bond donors (Lipinski definition) is 2. The Morgan fingerprint density at radius 2 is 2.06 bits per heavy atom. The lowest BCUT2D eigenvalue weighted by atomic mass is 10.1. The van der Waals surface area contributed by atoms with Gasteiger partial charge in [-0.1, -0.05) is 0 Å². The van der Waals surface area contributed by atoms with Gasteiger partial charge in [0.25, 0.3) is 0 Å². The number of nitrogens with zero attached hydrogens (tertiary/aromatic N) is 7. The van der Waals surface area contributed by atoms with Crippen molar-refractivity contribution in [3.63, 3.8) is 0 Å². The highest BCUT2D eigenvalue weighted by Crippen LogP contribution is 2.30. The van der Waals surface area contributed by atoms with Crippen LogP contribution in [0.2, 0.25) is 0 Å². The van der Waals surface area contributed by atoms with E-state index < -0.39 is 0 Å². The Hall–Kier alpha value is -3.77. The van der Waals surface area contributed by atoms with Gasteiger partial charge in [-0.3, -0.25) is 14.8 Å². The SMILES string of the molecule is CCn1cc(-c2cc3c(-c4cc(C#N)cc(N5CCCNCC5)n4)n[nH]c3cn2)cn1. The Kier molecular flexibility index (Phi) is 5.06. The molecule has 0 radical (unpaired) electrons.